The number of carbonyl (C=O) groups excluding carboxylic acids is 1. The molecule has 0 N–H and O–H groups in total. The number of carbonyl (C=O) groups is 1. The van der Waals surface area contributed by atoms with Crippen molar-refractivity contribution >= 4 is 28.3 Å². The Morgan fingerprint density at radius 3 is 2.42 bits per heavy atom. The van der Waals surface area contributed by atoms with Crippen LogP contribution in [0.5, 0.6) is 0 Å². The molecule has 154 valence electrons. The molecule has 0 unspecified atom stereocenters. The summed E-state index contributed by atoms with van der Waals surface area (Å²) in [5, 5.41) is 2.37. The third kappa shape index (κ3) is 4.26. The lowest BCUT2D eigenvalue weighted by atomic mass is 9.97. The SMILES string of the molecule is O=C(C[n+]1ccc(CCSc2ccc(F)cc2)cc1)c1ccc2c3c(cccc13)CC2. The first-order chi connectivity index (χ1) is 15.2. The van der Waals surface area contributed by atoms with E-state index >= 15 is 0 Å². The minimum atomic E-state index is -0.205. The summed E-state index contributed by atoms with van der Waals surface area (Å²) in [5.41, 5.74) is 4.76. The summed E-state index contributed by atoms with van der Waals surface area (Å²) in [5.74, 6) is 0.860. The van der Waals surface area contributed by atoms with Crippen LogP contribution in [0.1, 0.15) is 27.0 Å². The molecule has 2 nitrogen and oxygen atoms in total. The topological polar surface area (TPSA) is 20.9 Å². The monoisotopic (exact) mass is 428 g/mol. The van der Waals surface area contributed by atoms with Crippen molar-refractivity contribution in [1.82, 2.24) is 0 Å². The predicted octanol–water partition coefficient (Wildman–Crippen LogP) is 5.58. The van der Waals surface area contributed by atoms with Gasteiger partial charge in [-0.25, -0.2) is 4.39 Å². The quantitative estimate of drug-likeness (QED) is 0.218. The highest BCUT2D eigenvalue weighted by Crippen LogP contribution is 2.32. The van der Waals surface area contributed by atoms with Crippen LogP contribution in [-0.2, 0) is 25.8 Å². The molecule has 1 aliphatic carbocycles. The van der Waals surface area contributed by atoms with E-state index in [9.17, 15) is 9.18 Å². The van der Waals surface area contributed by atoms with E-state index in [0.29, 0.717) is 6.54 Å². The van der Waals surface area contributed by atoms with Crippen LogP contribution in [0.4, 0.5) is 4.39 Å². The third-order valence-corrected chi connectivity index (χ3v) is 6.95. The van der Waals surface area contributed by atoms with E-state index in [1.807, 2.05) is 35.2 Å². The van der Waals surface area contributed by atoms with Crippen LogP contribution in [0.2, 0.25) is 0 Å². The maximum Gasteiger partial charge on any atom is 0.228 e. The van der Waals surface area contributed by atoms with Gasteiger partial charge in [-0.3, -0.25) is 4.79 Å². The van der Waals surface area contributed by atoms with Crippen molar-refractivity contribution in [1.29, 1.82) is 0 Å². The van der Waals surface area contributed by atoms with Crippen LogP contribution in [0, 0.1) is 5.82 Å². The van der Waals surface area contributed by atoms with E-state index in [4.69, 9.17) is 0 Å². The Labute approximate surface area is 185 Å². The molecule has 4 aromatic rings. The van der Waals surface area contributed by atoms with Crippen molar-refractivity contribution in [3.63, 3.8) is 0 Å². The molecule has 0 amide bonds. The first kappa shape index (κ1) is 20.0. The van der Waals surface area contributed by atoms with Crippen molar-refractivity contribution in [3.8, 4) is 0 Å². The van der Waals surface area contributed by atoms with E-state index < -0.39 is 0 Å². The smallest absolute Gasteiger partial charge is 0.228 e. The van der Waals surface area contributed by atoms with Crippen molar-refractivity contribution in [3.05, 3.63) is 107 Å². The average Bonchev–Trinajstić information content (AvgIpc) is 3.21. The fraction of sp³-hybridized carbons (Fsp3) is 0.185. The van der Waals surface area contributed by atoms with Gasteiger partial charge in [-0.05, 0) is 71.0 Å². The standard InChI is InChI=1S/C27H23FNOS/c28-22-7-9-23(10-8-22)31-17-14-19-12-15-29(16-13-19)18-26(30)24-11-6-21-5-4-20-2-1-3-25(24)27(20)21/h1-3,6-13,15-16H,4-5,14,17-18H2/q+1. The molecule has 1 aliphatic rings. The van der Waals surface area contributed by atoms with Gasteiger partial charge in [0.25, 0.3) is 0 Å². The molecular formula is C27H23FNOS+. The van der Waals surface area contributed by atoms with Crippen LogP contribution in [0.15, 0.2) is 84.0 Å². The molecule has 1 heterocycles. The summed E-state index contributed by atoms with van der Waals surface area (Å²) in [6.45, 7) is 0.337. The van der Waals surface area contributed by atoms with Gasteiger partial charge >= 0.3 is 0 Å². The number of rotatable bonds is 7. The number of hydrogen-bond acceptors (Lipinski definition) is 2. The first-order valence-electron chi connectivity index (χ1n) is 10.6. The van der Waals surface area contributed by atoms with Gasteiger partial charge in [0, 0.05) is 28.3 Å². The number of aryl methyl sites for hydroxylation is 3. The number of halogens is 1. The van der Waals surface area contributed by atoms with Gasteiger partial charge in [0.05, 0.1) is 0 Å². The Bertz CT molecular complexity index is 1240. The van der Waals surface area contributed by atoms with Crippen LogP contribution >= 0.6 is 11.8 Å². The number of hydrogen-bond donors (Lipinski definition) is 0. The Morgan fingerprint density at radius 1 is 0.903 bits per heavy atom. The molecule has 0 spiro atoms. The van der Waals surface area contributed by atoms with E-state index in [2.05, 4.69) is 36.4 Å². The van der Waals surface area contributed by atoms with Gasteiger partial charge in [0.15, 0.2) is 12.4 Å². The number of ketones is 1. The largest absolute Gasteiger partial charge is 0.287 e. The molecule has 0 atom stereocenters. The summed E-state index contributed by atoms with van der Waals surface area (Å²) < 4.78 is 14.9. The number of thioether (sulfide) groups is 1. The van der Waals surface area contributed by atoms with Crippen molar-refractivity contribution in [2.45, 2.75) is 30.7 Å². The number of Topliss-reactive ketones (excluding diaryl/α,β-unsaturated/α-hetero) is 1. The fourth-order valence-electron chi connectivity index (χ4n) is 4.32. The highest BCUT2D eigenvalue weighted by atomic mass is 32.2. The molecule has 0 bridgehead atoms. The maximum atomic E-state index is 13.1. The van der Waals surface area contributed by atoms with Gasteiger partial charge in [-0.2, -0.15) is 4.57 Å². The Hall–Kier alpha value is -2.98. The average molecular weight is 429 g/mol. The summed E-state index contributed by atoms with van der Waals surface area (Å²) in [7, 11) is 0. The molecule has 3 aromatic carbocycles. The Morgan fingerprint density at radius 2 is 1.65 bits per heavy atom. The second-order valence-electron chi connectivity index (χ2n) is 7.97. The molecule has 1 aromatic heterocycles. The zero-order valence-corrected chi connectivity index (χ0v) is 18.0. The highest BCUT2D eigenvalue weighted by Gasteiger charge is 2.20. The minimum Gasteiger partial charge on any atom is -0.287 e. The van der Waals surface area contributed by atoms with Crippen molar-refractivity contribution in [2.75, 3.05) is 5.75 Å². The lowest BCUT2D eigenvalue weighted by Crippen LogP contribution is -2.37. The van der Waals surface area contributed by atoms with Gasteiger partial charge in [-0.15, -0.1) is 11.8 Å². The molecular weight excluding hydrogens is 405 g/mol. The summed E-state index contributed by atoms with van der Waals surface area (Å²) in [6, 6.07) is 21.2. The highest BCUT2D eigenvalue weighted by molar-refractivity contribution is 7.99. The zero-order valence-electron chi connectivity index (χ0n) is 17.2. The minimum absolute atomic E-state index is 0.139. The van der Waals surface area contributed by atoms with Crippen LogP contribution in [0.25, 0.3) is 10.8 Å². The van der Waals surface area contributed by atoms with E-state index in [1.165, 1.54) is 34.2 Å². The number of aromatic nitrogens is 1. The van der Waals surface area contributed by atoms with E-state index in [1.54, 1.807) is 11.8 Å². The maximum absolute atomic E-state index is 13.1. The molecule has 4 heteroatoms. The fourth-order valence-corrected chi connectivity index (χ4v) is 5.22. The van der Waals surface area contributed by atoms with Gasteiger partial charge in [0.2, 0.25) is 12.3 Å². The predicted molar refractivity (Wildman–Crippen MR) is 123 cm³/mol. The normalized spacial score (nSPS) is 12.4. The Balaban J connectivity index is 1.23. The Kier molecular flexibility index (Phi) is 5.56. The molecule has 0 saturated heterocycles. The molecule has 0 saturated carbocycles. The molecule has 31 heavy (non-hydrogen) atoms. The molecule has 5 rings (SSSR count). The second-order valence-corrected chi connectivity index (χ2v) is 9.13. The van der Waals surface area contributed by atoms with E-state index in [-0.39, 0.29) is 11.6 Å². The molecule has 0 radical (unpaired) electrons. The lowest BCUT2D eigenvalue weighted by molar-refractivity contribution is -0.683. The van der Waals surface area contributed by atoms with Crippen molar-refractivity contribution < 1.29 is 13.8 Å². The van der Waals surface area contributed by atoms with Gasteiger partial charge in [-0.1, -0.05) is 30.3 Å². The van der Waals surface area contributed by atoms with E-state index in [0.717, 1.165) is 40.9 Å². The molecule has 0 aliphatic heterocycles. The van der Waals surface area contributed by atoms with Crippen LogP contribution in [0.3, 0.4) is 0 Å². The first-order valence-corrected chi connectivity index (χ1v) is 11.6. The summed E-state index contributed by atoms with van der Waals surface area (Å²) >= 11 is 1.72. The zero-order chi connectivity index (χ0) is 21.2. The second kappa shape index (κ2) is 8.64. The third-order valence-electron chi connectivity index (χ3n) is 5.94. The molecule has 0 fully saturated rings. The van der Waals surface area contributed by atoms with Crippen LogP contribution < -0.4 is 4.57 Å². The van der Waals surface area contributed by atoms with Gasteiger partial charge in [0.1, 0.15) is 5.82 Å². The summed E-state index contributed by atoms with van der Waals surface area (Å²) in [6.07, 6.45) is 7.03. The number of nitrogens with zero attached hydrogens (tertiary/aromatic N) is 1. The number of benzene rings is 3. The summed E-state index contributed by atoms with van der Waals surface area (Å²) in [4.78, 5) is 14.1. The van der Waals surface area contributed by atoms with Crippen LogP contribution in [-0.4, -0.2) is 11.5 Å². The lowest BCUT2D eigenvalue weighted by Gasteiger charge is -2.07. The van der Waals surface area contributed by atoms with Gasteiger partial charge < -0.3 is 0 Å². The number of pyridine rings is 1. The van der Waals surface area contributed by atoms with Crippen molar-refractivity contribution in [2.24, 2.45) is 0 Å².